The smallest absolute Gasteiger partial charge is 0.329 e. The molecule has 0 radical (unpaired) electrons. The average Bonchev–Trinajstić information content (AvgIpc) is 2.88. The molecule has 1 saturated heterocycles. The number of fused-ring (bicyclic) bond motifs is 3. The number of likely N-dealkylation sites (tertiary alicyclic amines) is 1. The number of nitrogens with one attached hydrogen (secondary N) is 1. The first kappa shape index (κ1) is 22.4. The van der Waals surface area contributed by atoms with Crippen LogP contribution in [0, 0.1) is 6.57 Å². The summed E-state index contributed by atoms with van der Waals surface area (Å²) in [6, 6.07) is 6.58. The number of H-pyrrole nitrogens is 1. The van der Waals surface area contributed by atoms with Crippen LogP contribution in [0.4, 0.5) is 5.82 Å². The minimum absolute atomic E-state index is 0.241. The van der Waals surface area contributed by atoms with E-state index < -0.39 is 17.4 Å². The molecule has 0 spiro atoms. The first-order valence-electron chi connectivity index (χ1n) is 11.1. The summed E-state index contributed by atoms with van der Waals surface area (Å²) in [5, 5.41) is 9.86. The van der Waals surface area contributed by atoms with Gasteiger partial charge in [-0.15, -0.1) is 4.98 Å². The highest BCUT2D eigenvalue weighted by atomic mass is 16.3. The Bertz CT molecular complexity index is 1610. The van der Waals surface area contributed by atoms with Gasteiger partial charge in [-0.05, 0) is 38.0 Å². The first-order chi connectivity index (χ1) is 16.9. The number of nitrogens with zero attached hydrogens (tertiary/aromatic N) is 6. The molecule has 0 saturated carbocycles. The maximum Gasteiger partial charge on any atom is 0.329 e. The number of aliphatic hydroxyl groups excluding tert-OH is 1. The normalized spacial score (nSPS) is 15.3. The zero-order chi connectivity index (χ0) is 24.7. The second-order valence-corrected chi connectivity index (χ2v) is 8.46. The third-order valence-electron chi connectivity index (χ3n) is 6.27. The van der Waals surface area contributed by atoms with Crippen LogP contribution in [0.15, 0.2) is 46.2 Å². The molecule has 0 aliphatic carbocycles. The number of hydrogen-bond donors (Lipinski definition) is 2. The van der Waals surface area contributed by atoms with Crippen LogP contribution in [-0.2, 0) is 4.79 Å². The number of hydrogen-bond acceptors (Lipinski definition) is 7. The number of rotatable bonds is 3. The highest BCUT2D eigenvalue weighted by Crippen LogP contribution is 2.29. The van der Waals surface area contributed by atoms with Crippen molar-refractivity contribution in [3.63, 3.8) is 0 Å². The summed E-state index contributed by atoms with van der Waals surface area (Å²) in [7, 11) is 0. The molecule has 0 unspecified atom stereocenters. The van der Waals surface area contributed by atoms with Crippen LogP contribution in [0.1, 0.15) is 25.8 Å². The maximum atomic E-state index is 13.0. The molecule has 0 aromatic carbocycles. The predicted molar refractivity (Wildman–Crippen MR) is 128 cm³/mol. The number of aromatic amines is 1. The number of carbonyl (C=O) groups excluding carboxylic acids is 1. The molecule has 2 N–H and O–H groups in total. The fraction of sp³-hybridized carbons (Fsp3) is 0.292. The summed E-state index contributed by atoms with van der Waals surface area (Å²) in [6.45, 7) is 9.26. The van der Waals surface area contributed by atoms with Crippen molar-refractivity contribution < 1.29 is 9.90 Å². The molecule has 176 valence electrons. The van der Waals surface area contributed by atoms with Gasteiger partial charge in [0.1, 0.15) is 17.8 Å². The van der Waals surface area contributed by atoms with Gasteiger partial charge in [-0.3, -0.25) is 24.1 Å². The predicted octanol–water partition coefficient (Wildman–Crippen LogP) is 1.79. The molecule has 11 heteroatoms. The maximum absolute atomic E-state index is 13.0. The number of piperidine rings is 1. The van der Waals surface area contributed by atoms with Gasteiger partial charge in [0.25, 0.3) is 17.3 Å². The molecule has 1 amide bonds. The second-order valence-electron chi connectivity index (χ2n) is 8.46. The molecule has 1 aliphatic rings. The van der Waals surface area contributed by atoms with E-state index in [0.717, 1.165) is 0 Å². The van der Waals surface area contributed by atoms with Crippen molar-refractivity contribution in [3.05, 3.63) is 68.9 Å². The minimum atomic E-state index is -1.08. The van der Waals surface area contributed by atoms with Gasteiger partial charge in [0.15, 0.2) is 0 Å². The van der Waals surface area contributed by atoms with Gasteiger partial charge in [0.2, 0.25) is 0 Å². The topological polar surface area (TPSA) is 138 Å². The largest absolute Gasteiger partial charge is 0.384 e. The standard InChI is InChI=1S/C24H21N7O4/c1-13(32)23(34)30-9-7-15(8-10-30)31-21-16(22(33)29-24(31)35)12-26-18-5-4-17(28-20(18)21)14-3-6-19(25-2)27-11-14/h3-6,11-13,15,32H,7-10H2,1H3,(H,29,33,35)/t13-/m1/s1. The van der Waals surface area contributed by atoms with Crippen molar-refractivity contribution in [1.29, 1.82) is 0 Å². The summed E-state index contributed by atoms with van der Waals surface area (Å²) in [6.07, 6.45) is 2.86. The number of aliphatic hydroxyl groups is 1. The Balaban J connectivity index is 1.66. The van der Waals surface area contributed by atoms with Crippen LogP contribution in [-0.4, -0.2) is 59.6 Å². The third kappa shape index (κ3) is 3.94. The molecular weight excluding hydrogens is 450 g/mol. The molecule has 5 heterocycles. The first-order valence-corrected chi connectivity index (χ1v) is 11.1. The van der Waals surface area contributed by atoms with E-state index in [9.17, 15) is 19.5 Å². The van der Waals surface area contributed by atoms with Gasteiger partial charge >= 0.3 is 5.69 Å². The van der Waals surface area contributed by atoms with Crippen molar-refractivity contribution in [1.82, 2.24) is 29.4 Å². The van der Waals surface area contributed by atoms with Crippen molar-refractivity contribution in [3.8, 4) is 11.3 Å². The van der Waals surface area contributed by atoms with E-state index in [1.54, 1.807) is 39.9 Å². The molecule has 11 nitrogen and oxygen atoms in total. The zero-order valence-electron chi connectivity index (χ0n) is 18.8. The van der Waals surface area contributed by atoms with E-state index in [0.29, 0.717) is 53.7 Å². The molecule has 1 atom stereocenters. The van der Waals surface area contributed by atoms with Crippen LogP contribution < -0.4 is 11.2 Å². The molecule has 35 heavy (non-hydrogen) atoms. The van der Waals surface area contributed by atoms with Crippen LogP contribution in [0.3, 0.4) is 0 Å². The van der Waals surface area contributed by atoms with E-state index >= 15 is 0 Å². The molecule has 1 fully saturated rings. The van der Waals surface area contributed by atoms with Gasteiger partial charge in [-0.25, -0.2) is 9.78 Å². The average molecular weight is 471 g/mol. The van der Waals surface area contributed by atoms with Crippen LogP contribution >= 0.6 is 0 Å². The van der Waals surface area contributed by atoms with Crippen LogP contribution in [0.2, 0.25) is 0 Å². The lowest BCUT2D eigenvalue weighted by atomic mass is 10.0. The monoisotopic (exact) mass is 471 g/mol. The second kappa shape index (κ2) is 8.73. The number of pyridine rings is 3. The number of aromatic nitrogens is 5. The lowest BCUT2D eigenvalue weighted by Crippen LogP contribution is -2.45. The van der Waals surface area contributed by atoms with Gasteiger partial charge in [0, 0.05) is 30.9 Å². The van der Waals surface area contributed by atoms with E-state index in [2.05, 4.69) is 19.8 Å². The van der Waals surface area contributed by atoms with E-state index in [1.807, 2.05) is 0 Å². The summed E-state index contributed by atoms with van der Waals surface area (Å²) in [5.41, 5.74) is 1.45. The van der Waals surface area contributed by atoms with E-state index in [-0.39, 0.29) is 23.2 Å². The Morgan fingerprint density at radius 2 is 1.94 bits per heavy atom. The fourth-order valence-electron chi connectivity index (χ4n) is 4.51. The molecule has 0 bridgehead atoms. The Kier molecular flexibility index (Phi) is 5.58. The molecular formula is C24H21N7O4. The fourth-order valence-corrected chi connectivity index (χ4v) is 4.51. The van der Waals surface area contributed by atoms with Crippen LogP contribution in [0.25, 0.3) is 38.0 Å². The zero-order valence-corrected chi connectivity index (χ0v) is 18.8. The Morgan fingerprint density at radius 3 is 2.60 bits per heavy atom. The minimum Gasteiger partial charge on any atom is -0.384 e. The molecule has 5 rings (SSSR count). The quantitative estimate of drug-likeness (QED) is 0.343. The Labute approximate surface area is 198 Å². The van der Waals surface area contributed by atoms with Crippen molar-refractivity contribution in [2.24, 2.45) is 0 Å². The van der Waals surface area contributed by atoms with Gasteiger partial charge in [0.05, 0.1) is 22.1 Å². The SMILES string of the molecule is [C-]#[N+]c1ccc(-c2ccc3ncc4c(=O)[nH]c(=O)n(C5CCN(C(=O)[C@@H](C)O)CC5)c4c3n2)cn1. The van der Waals surface area contributed by atoms with Crippen molar-refractivity contribution in [2.75, 3.05) is 13.1 Å². The van der Waals surface area contributed by atoms with Gasteiger partial charge in [-0.2, -0.15) is 0 Å². The van der Waals surface area contributed by atoms with Crippen molar-refractivity contribution in [2.45, 2.75) is 31.9 Å². The summed E-state index contributed by atoms with van der Waals surface area (Å²) >= 11 is 0. The van der Waals surface area contributed by atoms with E-state index in [1.165, 1.54) is 13.1 Å². The van der Waals surface area contributed by atoms with Crippen LogP contribution in [0.5, 0.6) is 0 Å². The summed E-state index contributed by atoms with van der Waals surface area (Å²) < 4.78 is 1.54. The van der Waals surface area contributed by atoms with Crippen molar-refractivity contribution >= 4 is 33.7 Å². The Hall–Kier alpha value is -4.43. The summed E-state index contributed by atoms with van der Waals surface area (Å²) in [4.78, 5) is 58.4. The van der Waals surface area contributed by atoms with E-state index in [4.69, 9.17) is 11.6 Å². The highest BCUT2D eigenvalue weighted by molar-refractivity contribution is 6.01. The summed E-state index contributed by atoms with van der Waals surface area (Å²) in [5.74, 6) is -0.0802. The van der Waals surface area contributed by atoms with Gasteiger partial charge < -0.3 is 14.9 Å². The molecule has 4 aromatic rings. The van der Waals surface area contributed by atoms with Gasteiger partial charge in [-0.1, -0.05) is 12.6 Å². The number of carbonyl (C=O) groups is 1. The molecule has 1 aliphatic heterocycles. The molecule has 4 aromatic heterocycles. The lowest BCUT2D eigenvalue weighted by Gasteiger charge is -2.34. The Morgan fingerprint density at radius 1 is 1.17 bits per heavy atom. The number of amides is 1. The third-order valence-corrected chi connectivity index (χ3v) is 6.27. The highest BCUT2D eigenvalue weighted by Gasteiger charge is 2.28. The lowest BCUT2D eigenvalue weighted by molar-refractivity contribution is -0.140.